The van der Waals surface area contributed by atoms with Gasteiger partial charge in [-0.05, 0) is 37.1 Å². The summed E-state index contributed by atoms with van der Waals surface area (Å²) in [4.78, 5) is 34.8. The lowest BCUT2D eigenvalue weighted by molar-refractivity contribution is -0.146. The van der Waals surface area contributed by atoms with E-state index in [4.69, 9.17) is 15.2 Å². The van der Waals surface area contributed by atoms with Gasteiger partial charge in [0, 0.05) is 18.1 Å². The van der Waals surface area contributed by atoms with E-state index < -0.39 is 24.0 Å². The number of carbonyl (C=O) groups is 1. The minimum atomic E-state index is -4.69. The van der Waals surface area contributed by atoms with E-state index in [1.807, 2.05) is 0 Å². The van der Waals surface area contributed by atoms with Gasteiger partial charge in [0.15, 0.2) is 17.5 Å². The summed E-state index contributed by atoms with van der Waals surface area (Å²) in [6.07, 6.45) is -2.93. The van der Waals surface area contributed by atoms with Gasteiger partial charge in [0.25, 0.3) is 0 Å². The van der Waals surface area contributed by atoms with E-state index >= 15 is 0 Å². The molecule has 13 nitrogen and oxygen atoms in total. The lowest BCUT2D eigenvalue weighted by atomic mass is 10.3. The number of hydrogen-bond donors (Lipinski definition) is 2. The molecule has 3 N–H and O–H groups in total. The van der Waals surface area contributed by atoms with Gasteiger partial charge < -0.3 is 20.5 Å². The van der Waals surface area contributed by atoms with Gasteiger partial charge >= 0.3 is 12.4 Å². The van der Waals surface area contributed by atoms with Crippen LogP contribution in [-0.4, -0.2) is 59.2 Å². The Morgan fingerprint density at radius 3 is 1.63 bits per heavy atom. The summed E-state index contributed by atoms with van der Waals surface area (Å²) in [5.74, 6) is -1.35. The summed E-state index contributed by atoms with van der Waals surface area (Å²) in [5, 5.41) is 2.60. The summed E-state index contributed by atoms with van der Waals surface area (Å²) in [6.45, 7) is 0. The van der Waals surface area contributed by atoms with Crippen molar-refractivity contribution in [2.75, 3.05) is 25.3 Å². The summed E-state index contributed by atoms with van der Waals surface area (Å²) in [5.41, 5.74) is 6.14. The maximum atomic E-state index is 13.5. The molecule has 0 unspecified atom stereocenters. The fourth-order valence-corrected chi connectivity index (χ4v) is 4.74. The average molecular weight is 687 g/mol. The number of benzene rings is 2. The van der Waals surface area contributed by atoms with E-state index in [2.05, 4.69) is 35.2 Å². The van der Waals surface area contributed by atoms with Gasteiger partial charge in [-0.1, -0.05) is 0 Å². The maximum Gasteiger partial charge on any atom is 0.450 e. The van der Waals surface area contributed by atoms with Gasteiger partial charge in [-0.25, -0.2) is 29.9 Å². The Morgan fingerprint density at radius 1 is 0.755 bits per heavy atom. The monoisotopic (exact) mass is 686 g/mol. The molecule has 0 radical (unpaired) electrons. The Hall–Kier alpha value is -6.01. The number of nitrogens with two attached hydrogens (primary N) is 1. The zero-order valence-corrected chi connectivity index (χ0v) is 25.4. The summed E-state index contributed by atoms with van der Waals surface area (Å²) >= 11 is 0. The number of carbonyl (C=O) groups excluding carboxylic acids is 1. The first-order chi connectivity index (χ1) is 23.3. The largest absolute Gasteiger partial charge is 0.497 e. The van der Waals surface area contributed by atoms with Gasteiger partial charge in [-0.2, -0.15) is 26.3 Å². The van der Waals surface area contributed by atoms with Gasteiger partial charge in [0.05, 0.1) is 61.1 Å². The Labute approximate surface area is 271 Å². The molecule has 0 spiro atoms. The van der Waals surface area contributed by atoms with Crippen LogP contribution in [0.4, 0.5) is 38.0 Å². The Balaban J connectivity index is 0.000000174. The number of aromatic nitrogens is 8. The number of nitrogen functional groups attached to an aromatic ring is 1. The normalized spacial score (nSPS) is 13.2. The van der Waals surface area contributed by atoms with Crippen molar-refractivity contribution >= 4 is 39.6 Å². The number of ether oxygens (including phenoxy) is 2. The topological polar surface area (TPSA) is 161 Å². The fourth-order valence-electron chi connectivity index (χ4n) is 4.74. The number of alkyl halides is 6. The highest BCUT2D eigenvalue weighted by atomic mass is 19.4. The van der Waals surface area contributed by atoms with E-state index in [-0.39, 0.29) is 57.2 Å². The summed E-state index contributed by atoms with van der Waals surface area (Å²) in [7, 11) is 2.84. The number of imidazole rings is 2. The van der Waals surface area contributed by atoms with Crippen molar-refractivity contribution in [2.24, 2.45) is 5.92 Å². The van der Waals surface area contributed by atoms with Crippen molar-refractivity contribution in [1.29, 1.82) is 0 Å². The minimum Gasteiger partial charge on any atom is -0.497 e. The molecule has 19 heteroatoms. The molecule has 1 amide bonds. The number of anilines is 2. The van der Waals surface area contributed by atoms with Crippen molar-refractivity contribution in [3.05, 3.63) is 72.8 Å². The van der Waals surface area contributed by atoms with Gasteiger partial charge in [-0.15, -0.1) is 0 Å². The molecule has 49 heavy (non-hydrogen) atoms. The van der Waals surface area contributed by atoms with Crippen LogP contribution < -0.4 is 20.5 Å². The van der Waals surface area contributed by atoms with E-state index in [1.54, 1.807) is 12.1 Å². The predicted molar refractivity (Wildman–Crippen MR) is 162 cm³/mol. The Kier molecular flexibility index (Phi) is 8.43. The first kappa shape index (κ1) is 32.9. The molecule has 1 saturated carbocycles. The van der Waals surface area contributed by atoms with Crippen molar-refractivity contribution < 1.29 is 40.6 Å². The van der Waals surface area contributed by atoms with Crippen molar-refractivity contribution in [3.8, 4) is 23.1 Å². The molecule has 6 aromatic rings. The van der Waals surface area contributed by atoms with Crippen LogP contribution in [0.25, 0.3) is 33.7 Å². The van der Waals surface area contributed by atoms with E-state index in [1.165, 1.54) is 57.1 Å². The molecule has 0 saturated heterocycles. The van der Waals surface area contributed by atoms with Crippen LogP contribution in [0, 0.1) is 5.92 Å². The third-order valence-electron chi connectivity index (χ3n) is 7.18. The van der Waals surface area contributed by atoms with Gasteiger partial charge in [0.1, 0.15) is 17.3 Å². The number of methoxy groups -OCH3 is 2. The summed E-state index contributed by atoms with van der Waals surface area (Å²) < 4.78 is 92.0. The molecule has 0 aliphatic heterocycles. The molecule has 4 heterocycles. The number of rotatable bonds is 6. The third kappa shape index (κ3) is 6.85. The zero-order chi connectivity index (χ0) is 35.1. The lowest BCUT2D eigenvalue weighted by Gasteiger charge is -2.11. The van der Waals surface area contributed by atoms with Crippen molar-refractivity contribution in [2.45, 2.75) is 25.2 Å². The second-order valence-electron chi connectivity index (χ2n) is 10.6. The van der Waals surface area contributed by atoms with Crippen LogP contribution in [-0.2, 0) is 17.1 Å². The second kappa shape index (κ2) is 12.5. The molecule has 254 valence electrons. The third-order valence-corrected chi connectivity index (χ3v) is 7.18. The van der Waals surface area contributed by atoms with E-state index in [0.717, 1.165) is 28.2 Å². The van der Waals surface area contributed by atoms with Gasteiger partial charge in [-0.3, -0.25) is 13.9 Å². The average Bonchev–Trinajstić information content (AvgIpc) is 3.74. The van der Waals surface area contributed by atoms with E-state index in [9.17, 15) is 31.1 Å². The maximum absolute atomic E-state index is 13.5. The number of hydrogen-bond acceptors (Lipinski definition) is 10. The molecule has 0 bridgehead atoms. The molecule has 0 atom stereocenters. The lowest BCUT2D eigenvalue weighted by Crippen LogP contribution is -2.16. The standard InChI is InChI=1S/C17H14F3N5O2.C13H10F3N5O/c1-27-10-4-5-12-11(6-10)23-16(17(18,19)20)25(12)14-8-21-13(7-22-14)24-15(26)9-2-3-9;1-22-7-2-3-9-8(4-7)20-12(13(14,15)16)21(9)11-6-18-10(17)5-19-11/h4-9H,2-3H2,1H3,(H,21,24,26);2-6H,1H3,(H2,17,18). The first-order valence-corrected chi connectivity index (χ1v) is 14.3. The number of nitrogens with one attached hydrogen (secondary N) is 1. The Bertz CT molecular complexity index is 2140. The summed E-state index contributed by atoms with van der Waals surface area (Å²) in [6, 6.07) is 8.88. The molecule has 1 aliphatic rings. The highest BCUT2D eigenvalue weighted by Gasteiger charge is 2.39. The molecular weight excluding hydrogens is 662 g/mol. The SMILES string of the molecule is COc1ccc2c(c1)nc(C(F)(F)F)n2-c1cnc(N)cn1.COc1ccc2c(c1)nc(C(F)(F)F)n2-c1cnc(NC(=O)C2CC2)cn1. The minimum absolute atomic E-state index is 0.0177. The van der Waals surface area contributed by atoms with Crippen LogP contribution in [0.2, 0.25) is 0 Å². The highest BCUT2D eigenvalue weighted by molar-refractivity contribution is 5.93. The van der Waals surface area contributed by atoms with Gasteiger partial charge in [0.2, 0.25) is 17.6 Å². The van der Waals surface area contributed by atoms with E-state index in [0.29, 0.717) is 11.5 Å². The molecule has 1 fully saturated rings. The molecule has 2 aromatic carbocycles. The van der Waals surface area contributed by atoms with Crippen molar-refractivity contribution in [3.63, 3.8) is 0 Å². The smallest absolute Gasteiger partial charge is 0.450 e. The fraction of sp³-hybridized carbons (Fsp3) is 0.233. The van der Waals surface area contributed by atoms with Crippen LogP contribution in [0.1, 0.15) is 24.5 Å². The number of amides is 1. The molecule has 4 aromatic heterocycles. The molecule has 7 rings (SSSR count). The highest BCUT2D eigenvalue weighted by Crippen LogP contribution is 2.36. The molecule has 1 aliphatic carbocycles. The quantitative estimate of drug-likeness (QED) is 0.211. The number of nitrogens with zero attached hydrogens (tertiary/aromatic N) is 8. The first-order valence-electron chi connectivity index (χ1n) is 14.3. The van der Waals surface area contributed by atoms with Crippen LogP contribution >= 0.6 is 0 Å². The number of halogens is 6. The van der Waals surface area contributed by atoms with Crippen LogP contribution in [0.15, 0.2) is 61.2 Å². The van der Waals surface area contributed by atoms with Crippen LogP contribution in [0.3, 0.4) is 0 Å². The predicted octanol–water partition coefficient (Wildman–Crippen LogP) is 5.62. The second-order valence-corrected chi connectivity index (χ2v) is 10.6. The molecular formula is C30H24F6N10O3. The van der Waals surface area contributed by atoms with Crippen LogP contribution in [0.5, 0.6) is 11.5 Å². The zero-order valence-electron chi connectivity index (χ0n) is 25.4. The van der Waals surface area contributed by atoms with Crippen molar-refractivity contribution in [1.82, 2.24) is 39.0 Å². The number of fused-ring (bicyclic) bond motifs is 2. The Morgan fingerprint density at radius 2 is 1.24 bits per heavy atom.